The summed E-state index contributed by atoms with van der Waals surface area (Å²) in [6.07, 6.45) is 7.05. The molecule has 4 heteroatoms. The Balaban J connectivity index is 1.52. The first kappa shape index (κ1) is 14.6. The molecule has 3 nitrogen and oxygen atoms in total. The summed E-state index contributed by atoms with van der Waals surface area (Å²) in [7, 11) is 2.24. The molecular weight excluding hydrogens is 244 g/mol. The third-order valence-corrected chi connectivity index (χ3v) is 5.26. The summed E-state index contributed by atoms with van der Waals surface area (Å²) in [5.74, 6) is 1.27. The van der Waals surface area contributed by atoms with Crippen LogP contribution in [-0.4, -0.2) is 61.8 Å². The van der Waals surface area contributed by atoms with Crippen LogP contribution in [0.25, 0.3) is 0 Å². The Hall–Kier alpha value is 0.230. The van der Waals surface area contributed by atoms with Crippen molar-refractivity contribution in [1.29, 1.82) is 0 Å². The van der Waals surface area contributed by atoms with Crippen LogP contribution in [0.4, 0.5) is 0 Å². The monoisotopic (exact) mass is 272 g/mol. The van der Waals surface area contributed by atoms with E-state index in [0.29, 0.717) is 6.10 Å². The van der Waals surface area contributed by atoms with Gasteiger partial charge >= 0.3 is 0 Å². The van der Waals surface area contributed by atoms with Crippen molar-refractivity contribution < 1.29 is 4.74 Å². The molecule has 0 saturated carbocycles. The molecule has 2 fully saturated rings. The minimum absolute atomic E-state index is 0.493. The van der Waals surface area contributed by atoms with E-state index in [2.05, 4.69) is 29.0 Å². The van der Waals surface area contributed by atoms with Gasteiger partial charge < -0.3 is 15.0 Å². The lowest BCUT2D eigenvalue weighted by Crippen LogP contribution is -2.35. The maximum atomic E-state index is 5.79. The van der Waals surface area contributed by atoms with Gasteiger partial charge in [0.25, 0.3) is 0 Å². The molecule has 2 aliphatic heterocycles. The van der Waals surface area contributed by atoms with Crippen LogP contribution in [0.2, 0.25) is 0 Å². The molecule has 1 unspecified atom stereocenters. The molecule has 0 aliphatic carbocycles. The lowest BCUT2D eigenvalue weighted by molar-refractivity contribution is -0.000517. The fraction of sp³-hybridized carbons (Fsp3) is 1.00. The summed E-state index contributed by atoms with van der Waals surface area (Å²) in [6, 6.07) is 0. The zero-order valence-corrected chi connectivity index (χ0v) is 12.5. The predicted molar refractivity (Wildman–Crippen MR) is 79.4 cm³/mol. The zero-order chi connectivity index (χ0) is 12.6. The normalized spacial score (nSPS) is 26.7. The van der Waals surface area contributed by atoms with E-state index in [1.165, 1.54) is 57.5 Å². The van der Waals surface area contributed by atoms with E-state index in [0.717, 1.165) is 18.4 Å². The Morgan fingerprint density at radius 1 is 1.22 bits per heavy atom. The van der Waals surface area contributed by atoms with Crippen LogP contribution in [0.3, 0.4) is 0 Å². The van der Waals surface area contributed by atoms with Gasteiger partial charge in [0.15, 0.2) is 0 Å². The largest absolute Gasteiger partial charge is 0.377 e. The lowest BCUT2D eigenvalue weighted by atomic mass is 10.1. The minimum atomic E-state index is 0.493. The minimum Gasteiger partial charge on any atom is -0.377 e. The first-order chi connectivity index (χ1) is 8.84. The Bertz CT molecular complexity index is 216. The third-order valence-electron chi connectivity index (χ3n) is 3.90. The summed E-state index contributed by atoms with van der Waals surface area (Å²) in [4.78, 5) is 2.45. The maximum Gasteiger partial charge on any atom is 0.0701 e. The van der Waals surface area contributed by atoms with Crippen LogP contribution in [0.1, 0.15) is 32.1 Å². The SMILES string of the molecule is CN(CCSC1CCNCC1)CC1CCCCO1. The highest BCUT2D eigenvalue weighted by Crippen LogP contribution is 2.20. The Morgan fingerprint density at radius 3 is 2.78 bits per heavy atom. The van der Waals surface area contributed by atoms with Gasteiger partial charge in [-0.3, -0.25) is 0 Å². The van der Waals surface area contributed by atoms with Crippen molar-refractivity contribution in [3.8, 4) is 0 Å². The summed E-state index contributed by atoms with van der Waals surface area (Å²) < 4.78 is 5.79. The molecule has 0 bridgehead atoms. The van der Waals surface area contributed by atoms with Crippen LogP contribution < -0.4 is 5.32 Å². The second kappa shape index (κ2) is 8.41. The van der Waals surface area contributed by atoms with Crippen molar-refractivity contribution in [1.82, 2.24) is 10.2 Å². The second-order valence-corrected chi connectivity index (χ2v) is 6.98. The van der Waals surface area contributed by atoms with Gasteiger partial charge in [-0.2, -0.15) is 11.8 Å². The van der Waals surface area contributed by atoms with Gasteiger partial charge in [-0.15, -0.1) is 0 Å². The van der Waals surface area contributed by atoms with Crippen molar-refractivity contribution in [2.45, 2.75) is 43.5 Å². The maximum absolute atomic E-state index is 5.79. The smallest absolute Gasteiger partial charge is 0.0701 e. The predicted octanol–water partition coefficient (Wildman–Crippen LogP) is 1.97. The molecule has 2 rings (SSSR count). The molecule has 0 aromatic carbocycles. The molecule has 2 heterocycles. The summed E-state index contributed by atoms with van der Waals surface area (Å²) in [5, 5.41) is 4.32. The first-order valence-electron chi connectivity index (χ1n) is 7.47. The molecule has 1 N–H and O–H groups in total. The van der Waals surface area contributed by atoms with Gasteiger partial charge in [-0.1, -0.05) is 0 Å². The van der Waals surface area contributed by atoms with Gasteiger partial charge in [0.2, 0.25) is 0 Å². The molecule has 0 radical (unpaired) electrons. The fourth-order valence-electron chi connectivity index (χ4n) is 2.73. The van der Waals surface area contributed by atoms with Crippen molar-refractivity contribution in [3.63, 3.8) is 0 Å². The van der Waals surface area contributed by atoms with E-state index >= 15 is 0 Å². The molecule has 0 spiro atoms. The molecular formula is C14H28N2OS. The third kappa shape index (κ3) is 5.47. The number of thioether (sulfide) groups is 1. The van der Waals surface area contributed by atoms with E-state index in [1.54, 1.807) is 0 Å². The molecule has 2 aliphatic rings. The highest BCUT2D eigenvalue weighted by molar-refractivity contribution is 7.99. The molecule has 106 valence electrons. The second-order valence-electron chi connectivity index (χ2n) is 5.57. The van der Waals surface area contributed by atoms with E-state index < -0.39 is 0 Å². The van der Waals surface area contributed by atoms with E-state index in [4.69, 9.17) is 4.74 Å². The highest BCUT2D eigenvalue weighted by Gasteiger charge is 2.16. The molecule has 18 heavy (non-hydrogen) atoms. The van der Waals surface area contributed by atoms with Gasteiger partial charge in [0.1, 0.15) is 0 Å². The standard InChI is InChI=1S/C14H28N2OS/c1-16(12-13-4-2-3-10-17-13)9-11-18-14-5-7-15-8-6-14/h13-15H,2-12H2,1H3. The topological polar surface area (TPSA) is 24.5 Å². The number of likely N-dealkylation sites (N-methyl/N-ethyl adjacent to an activating group) is 1. The Labute approximate surface area is 116 Å². The number of nitrogens with zero attached hydrogens (tertiary/aromatic N) is 1. The highest BCUT2D eigenvalue weighted by atomic mass is 32.2. The number of ether oxygens (including phenoxy) is 1. The summed E-state index contributed by atoms with van der Waals surface area (Å²) in [6.45, 7) is 5.72. The van der Waals surface area contributed by atoms with Crippen molar-refractivity contribution in [3.05, 3.63) is 0 Å². The van der Waals surface area contributed by atoms with Crippen molar-refractivity contribution in [2.24, 2.45) is 0 Å². The molecule has 0 aromatic heterocycles. The van der Waals surface area contributed by atoms with E-state index in [9.17, 15) is 0 Å². The van der Waals surface area contributed by atoms with Gasteiger partial charge in [0, 0.05) is 30.7 Å². The fourth-order valence-corrected chi connectivity index (χ4v) is 4.05. The van der Waals surface area contributed by atoms with Crippen LogP contribution in [0.15, 0.2) is 0 Å². The number of hydrogen-bond donors (Lipinski definition) is 1. The first-order valence-corrected chi connectivity index (χ1v) is 8.52. The molecule has 0 amide bonds. The van der Waals surface area contributed by atoms with E-state index in [1.807, 2.05) is 0 Å². The summed E-state index contributed by atoms with van der Waals surface area (Å²) in [5.41, 5.74) is 0. The summed E-state index contributed by atoms with van der Waals surface area (Å²) >= 11 is 2.17. The van der Waals surface area contributed by atoms with Crippen molar-refractivity contribution in [2.75, 3.05) is 45.6 Å². The number of piperidine rings is 1. The van der Waals surface area contributed by atoms with Crippen LogP contribution in [0.5, 0.6) is 0 Å². The van der Waals surface area contributed by atoms with Gasteiger partial charge in [-0.25, -0.2) is 0 Å². The Kier molecular flexibility index (Phi) is 6.84. The van der Waals surface area contributed by atoms with Gasteiger partial charge in [0.05, 0.1) is 6.10 Å². The average Bonchev–Trinajstić information content (AvgIpc) is 2.41. The van der Waals surface area contributed by atoms with Crippen molar-refractivity contribution >= 4 is 11.8 Å². The quantitative estimate of drug-likeness (QED) is 0.799. The Morgan fingerprint density at radius 2 is 2.06 bits per heavy atom. The van der Waals surface area contributed by atoms with Gasteiger partial charge in [-0.05, 0) is 52.2 Å². The van der Waals surface area contributed by atoms with E-state index in [-0.39, 0.29) is 0 Å². The molecule has 2 saturated heterocycles. The lowest BCUT2D eigenvalue weighted by Gasteiger charge is -2.28. The zero-order valence-electron chi connectivity index (χ0n) is 11.7. The number of nitrogens with one attached hydrogen (secondary N) is 1. The van der Waals surface area contributed by atoms with Crippen LogP contribution in [0, 0.1) is 0 Å². The van der Waals surface area contributed by atoms with Crippen LogP contribution in [-0.2, 0) is 4.74 Å². The number of hydrogen-bond acceptors (Lipinski definition) is 4. The molecule has 0 aromatic rings. The molecule has 1 atom stereocenters. The van der Waals surface area contributed by atoms with Crippen LogP contribution >= 0.6 is 11.8 Å². The average molecular weight is 272 g/mol. The number of rotatable bonds is 6.